The summed E-state index contributed by atoms with van der Waals surface area (Å²) in [5.74, 6) is -0.205. The van der Waals surface area contributed by atoms with Crippen molar-refractivity contribution < 1.29 is 18.2 Å². The van der Waals surface area contributed by atoms with Gasteiger partial charge < -0.3 is 5.32 Å². The first-order valence-electron chi connectivity index (χ1n) is 6.30. The Bertz CT molecular complexity index is 713. The molecule has 6 nitrogen and oxygen atoms in total. The fourth-order valence-corrected chi connectivity index (χ4v) is 2.72. The highest BCUT2D eigenvalue weighted by molar-refractivity contribution is 7.89. The number of hydrogen-bond donors (Lipinski definition) is 2. The Hall–Kier alpha value is -2.25. The summed E-state index contributed by atoms with van der Waals surface area (Å²) in [5.41, 5.74) is 1.31. The Morgan fingerprint density at radius 1 is 1.14 bits per heavy atom. The van der Waals surface area contributed by atoms with Crippen LogP contribution in [-0.4, -0.2) is 14.3 Å². The van der Waals surface area contributed by atoms with E-state index in [1.807, 2.05) is 12.1 Å². The van der Waals surface area contributed by atoms with Crippen molar-refractivity contribution in [3.8, 4) is 0 Å². The van der Waals surface area contributed by atoms with Gasteiger partial charge in [-0.15, -0.1) is 0 Å². The topological polar surface area (TPSA) is 89.4 Å². The molecular weight excluding hydrogens is 290 g/mol. The Morgan fingerprint density at radius 2 is 1.86 bits per heavy atom. The quantitative estimate of drug-likeness (QED) is 0.861. The van der Waals surface area contributed by atoms with Gasteiger partial charge in [-0.1, -0.05) is 6.07 Å². The number of hydrogen-bond acceptors (Lipinski definition) is 3. The van der Waals surface area contributed by atoms with Gasteiger partial charge in [-0.2, -0.15) is 0 Å². The summed E-state index contributed by atoms with van der Waals surface area (Å²) in [5, 5.41) is 2.58. The monoisotopic (exact) mass is 306 g/mol. The van der Waals surface area contributed by atoms with E-state index in [4.69, 9.17) is 0 Å². The van der Waals surface area contributed by atoms with Crippen molar-refractivity contribution in [2.24, 2.45) is 0 Å². The molecular formula is C14H16N3O3S+. The Morgan fingerprint density at radius 3 is 2.43 bits per heavy atom. The maximum Gasteiger partial charge on any atom is 0.241 e. The van der Waals surface area contributed by atoms with Gasteiger partial charge in [0.1, 0.15) is 0 Å². The van der Waals surface area contributed by atoms with Gasteiger partial charge in [-0.05, 0) is 24.3 Å². The maximum atomic E-state index is 12.1. The zero-order chi connectivity index (χ0) is 15.3. The van der Waals surface area contributed by atoms with Crippen molar-refractivity contribution in [1.29, 1.82) is 0 Å². The SMILES string of the molecule is CC(=O)Nc1ccc(S(=O)(=O)NCc2cccc[nH+]2)cc1. The second kappa shape index (κ2) is 6.47. The Labute approximate surface area is 123 Å². The highest BCUT2D eigenvalue weighted by atomic mass is 32.2. The molecule has 3 N–H and O–H groups in total. The van der Waals surface area contributed by atoms with Crippen LogP contribution in [0.1, 0.15) is 12.6 Å². The van der Waals surface area contributed by atoms with Crippen LogP contribution in [0.2, 0.25) is 0 Å². The van der Waals surface area contributed by atoms with Gasteiger partial charge in [0.05, 0.1) is 11.4 Å². The predicted octanol–water partition coefficient (Wildman–Crippen LogP) is 0.938. The lowest BCUT2D eigenvalue weighted by molar-refractivity contribution is -0.390. The van der Waals surface area contributed by atoms with E-state index in [2.05, 4.69) is 15.0 Å². The molecule has 1 amide bonds. The zero-order valence-electron chi connectivity index (χ0n) is 11.5. The first kappa shape index (κ1) is 15.1. The first-order chi connectivity index (χ1) is 9.97. The highest BCUT2D eigenvalue weighted by Gasteiger charge is 2.15. The molecule has 2 rings (SSSR count). The van der Waals surface area contributed by atoms with E-state index in [0.29, 0.717) is 5.69 Å². The van der Waals surface area contributed by atoms with Crippen molar-refractivity contribution in [2.45, 2.75) is 18.4 Å². The first-order valence-corrected chi connectivity index (χ1v) is 7.78. The number of amides is 1. The molecule has 0 radical (unpaired) electrons. The molecule has 7 heteroatoms. The van der Waals surface area contributed by atoms with E-state index in [0.717, 1.165) is 5.69 Å². The summed E-state index contributed by atoms with van der Waals surface area (Å²) in [6.45, 7) is 1.57. The summed E-state index contributed by atoms with van der Waals surface area (Å²) in [7, 11) is -3.59. The van der Waals surface area contributed by atoms with Crippen molar-refractivity contribution >= 4 is 21.6 Å². The average molecular weight is 306 g/mol. The van der Waals surface area contributed by atoms with Gasteiger partial charge >= 0.3 is 0 Å². The van der Waals surface area contributed by atoms with Gasteiger partial charge in [0, 0.05) is 24.7 Å². The van der Waals surface area contributed by atoms with Crippen LogP contribution in [0.15, 0.2) is 53.6 Å². The summed E-state index contributed by atoms with van der Waals surface area (Å²) >= 11 is 0. The summed E-state index contributed by atoms with van der Waals surface area (Å²) in [4.78, 5) is 14.0. The molecule has 110 valence electrons. The fraction of sp³-hybridized carbons (Fsp3) is 0.143. The van der Waals surface area contributed by atoms with Crippen LogP contribution < -0.4 is 15.0 Å². The lowest BCUT2D eigenvalue weighted by Gasteiger charge is -2.06. The molecule has 0 spiro atoms. The molecule has 1 heterocycles. The number of benzene rings is 1. The van der Waals surface area contributed by atoms with Crippen LogP contribution in [0.3, 0.4) is 0 Å². The Balaban J connectivity index is 2.07. The van der Waals surface area contributed by atoms with Crippen LogP contribution in [0.4, 0.5) is 5.69 Å². The summed E-state index contributed by atoms with van der Waals surface area (Å²) < 4.78 is 26.8. The highest BCUT2D eigenvalue weighted by Crippen LogP contribution is 2.14. The number of aromatic nitrogens is 1. The van der Waals surface area contributed by atoms with Gasteiger partial charge in [0.15, 0.2) is 11.9 Å². The van der Waals surface area contributed by atoms with Crippen molar-refractivity contribution in [3.05, 3.63) is 54.4 Å². The van der Waals surface area contributed by atoms with Crippen LogP contribution in [0.5, 0.6) is 0 Å². The molecule has 0 unspecified atom stereocenters. The van der Waals surface area contributed by atoms with E-state index in [9.17, 15) is 13.2 Å². The lowest BCUT2D eigenvalue weighted by atomic mass is 10.3. The van der Waals surface area contributed by atoms with Crippen LogP contribution in [0, 0.1) is 0 Å². The van der Waals surface area contributed by atoms with Crippen molar-refractivity contribution in [1.82, 2.24) is 4.72 Å². The molecule has 0 aliphatic heterocycles. The number of aromatic amines is 1. The third-order valence-electron chi connectivity index (χ3n) is 2.71. The number of rotatable bonds is 5. The third kappa shape index (κ3) is 4.37. The lowest BCUT2D eigenvalue weighted by Crippen LogP contribution is -2.26. The minimum atomic E-state index is -3.59. The second-order valence-electron chi connectivity index (χ2n) is 4.42. The van der Waals surface area contributed by atoms with Gasteiger partial charge in [0.25, 0.3) is 0 Å². The molecule has 0 fully saturated rings. The largest absolute Gasteiger partial charge is 0.326 e. The summed E-state index contributed by atoms with van der Waals surface area (Å²) in [6.07, 6.45) is 1.73. The van der Waals surface area contributed by atoms with E-state index >= 15 is 0 Å². The minimum absolute atomic E-state index is 0.146. The number of sulfonamides is 1. The van der Waals surface area contributed by atoms with Crippen LogP contribution in [0.25, 0.3) is 0 Å². The number of carbonyl (C=O) groups excluding carboxylic acids is 1. The molecule has 1 aromatic heterocycles. The molecule has 2 aromatic rings. The smallest absolute Gasteiger partial charge is 0.241 e. The normalized spacial score (nSPS) is 11.1. The predicted molar refractivity (Wildman–Crippen MR) is 77.8 cm³/mol. The molecule has 1 aromatic carbocycles. The maximum absolute atomic E-state index is 12.1. The van der Waals surface area contributed by atoms with E-state index in [1.165, 1.54) is 19.1 Å². The number of anilines is 1. The van der Waals surface area contributed by atoms with E-state index in [-0.39, 0.29) is 17.3 Å². The van der Waals surface area contributed by atoms with E-state index < -0.39 is 10.0 Å². The number of H-pyrrole nitrogens is 1. The fourth-order valence-electron chi connectivity index (χ4n) is 1.72. The third-order valence-corrected chi connectivity index (χ3v) is 4.13. The average Bonchev–Trinajstić information content (AvgIpc) is 2.46. The number of carbonyl (C=O) groups is 1. The molecule has 0 bridgehead atoms. The zero-order valence-corrected chi connectivity index (χ0v) is 12.3. The number of nitrogens with one attached hydrogen (secondary N) is 3. The molecule has 0 saturated heterocycles. The van der Waals surface area contributed by atoms with Crippen LogP contribution >= 0.6 is 0 Å². The van der Waals surface area contributed by atoms with Crippen molar-refractivity contribution in [2.75, 3.05) is 5.32 Å². The molecule has 0 atom stereocenters. The van der Waals surface area contributed by atoms with E-state index in [1.54, 1.807) is 24.4 Å². The second-order valence-corrected chi connectivity index (χ2v) is 6.18. The standard InChI is InChI=1S/C14H15N3O3S/c1-11(18)17-12-5-7-14(8-6-12)21(19,20)16-10-13-4-2-3-9-15-13/h2-9,16H,10H2,1H3,(H,17,18)/p+1. The van der Waals surface area contributed by atoms with Gasteiger partial charge in [-0.25, -0.2) is 18.1 Å². The number of pyridine rings is 1. The molecule has 0 aliphatic carbocycles. The Kier molecular flexibility index (Phi) is 4.66. The van der Waals surface area contributed by atoms with Crippen molar-refractivity contribution in [3.63, 3.8) is 0 Å². The van der Waals surface area contributed by atoms with Gasteiger partial charge in [-0.3, -0.25) is 4.79 Å². The summed E-state index contributed by atoms with van der Waals surface area (Å²) in [6, 6.07) is 11.4. The molecule has 0 aliphatic rings. The molecule has 0 saturated carbocycles. The molecule has 21 heavy (non-hydrogen) atoms. The van der Waals surface area contributed by atoms with Crippen LogP contribution in [-0.2, 0) is 21.4 Å². The van der Waals surface area contributed by atoms with Gasteiger partial charge in [0.2, 0.25) is 15.9 Å². The minimum Gasteiger partial charge on any atom is -0.326 e.